The molecule has 0 amide bonds. The van der Waals surface area contributed by atoms with E-state index in [2.05, 4.69) is 59.2 Å². The molecule has 1 aromatic heterocycles. The van der Waals surface area contributed by atoms with Gasteiger partial charge in [-0.25, -0.2) is 0 Å². The van der Waals surface area contributed by atoms with E-state index in [-0.39, 0.29) is 0 Å². The van der Waals surface area contributed by atoms with Crippen LogP contribution < -0.4 is 5.73 Å². The van der Waals surface area contributed by atoms with Gasteiger partial charge in [0.05, 0.1) is 11.4 Å². The first-order valence-corrected chi connectivity index (χ1v) is 8.22. The average Bonchev–Trinajstić information content (AvgIpc) is 3.16. The van der Waals surface area contributed by atoms with Gasteiger partial charge < -0.3 is 5.73 Å². The summed E-state index contributed by atoms with van der Waals surface area (Å²) >= 11 is 1.79. The Bertz CT molecular complexity index is 636. The highest BCUT2D eigenvalue weighted by Gasteiger charge is 2.23. The Balaban J connectivity index is 1.58. The summed E-state index contributed by atoms with van der Waals surface area (Å²) in [6.07, 6.45) is 1.26. The van der Waals surface area contributed by atoms with Gasteiger partial charge in [0.25, 0.3) is 0 Å². The minimum absolute atomic E-state index is 0.429. The van der Waals surface area contributed by atoms with Crippen LogP contribution in [0.5, 0.6) is 0 Å². The van der Waals surface area contributed by atoms with E-state index in [0.717, 1.165) is 18.0 Å². The lowest BCUT2D eigenvalue weighted by molar-refractivity contribution is 0.330. The first kappa shape index (κ1) is 14.3. The molecule has 0 radical (unpaired) electrons. The Hall–Kier alpha value is -1.60. The molecule has 108 valence electrons. The van der Waals surface area contributed by atoms with Crippen LogP contribution in [0, 0.1) is 11.8 Å². The predicted octanol–water partition coefficient (Wildman–Crippen LogP) is 3.05. The summed E-state index contributed by atoms with van der Waals surface area (Å²) in [7, 11) is 0. The summed E-state index contributed by atoms with van der Waals surface area (Å²) in [6.45, 7) is 3.81. The monoisotopic (exact) mass is 296 g/mol. The molecule has 21 heavy (non-hydrogen) atoms. The largest absolute Gasteiger partial charge is 0.320 e. The van der Waals surface area contributed by atoms with Crippen molar-refractivity contribution in [1.29, 1.82) is 0 Å². The van der Waals surface area contributed by atoms with Gasteiger partial charge in [-0.15, -0.1) is 11.3 Å². The molecule has 1 aromatic carbocycles. The lowest BCUT2D eigenvalue weighted by atomic mass is 9.99. The van der Waals surface area contributed by atoms with Gasteiger partial charge >= 0.3 is 0 Å². The normalized spacial score (nSPS) is 18.4. The van der Waals surface area contributed by atoms with Crippen LogP contribution in [0.1, 0.15) is 27.7 Å². The fourth-order valence-corrected chi connectivity index (χ4v) is 3.79. The van der Waals surface area contributed by atoms with Gasteiger partial charge in [0.2, 0.25) is 0 Å². The summed E-state index contributed by atoms with van der Waals surface area (Å²) in [5.41, 5.74) is 6.88. The van der Waals surface area contributed by atoms with Crippen LogP contribution in [0.25, 0.3) is 0 Å². The van der Waals surface area contributed by atoms with Crippen LogP contribution in [-0.4, -0.2) is 24.5 Å². The highest BCUT2D eigenvalue weighted by Crippen LogP contribution is 2.29. The van der Waals surface area contributed by atoms with Crippen molar-refractivity contribution in [2.75, 3.05) is 19.6 Å². The second-order valence-electron chi connectivity index (χ2n) is 5.40. The molecule has 0 spiro atoms. The van der Waals surface area contributed by atoms with Crippen molar-refractivity contribution in [2.45, 2.75) is 18.9 Å². The molecule has 2 N–H and O–H groups in total. The van der Waals surface area contributed by atoms with Crippen molar-refractivity contribution >= 4 is 11.3 Å². The first-order chi connectivity index (χ1) is 10.3. The van der Waals surface area contributed by atoms with Crippen LogP contribution in [0.4, 0.5) is 0 Å². The Labute approximate surface area is 130 Å². The van der Waals surface area contributed by atoms with Crippen LogP contribution in [0.15, 0.2) is 42.5 Å². The van der Waals surface area contributed by atoms with Crippen molar-refractivity contribution in [3.05, 3.63) is 57.8 Å². The SMILES string of the molecule is NCC#Cc1ccc(CN2CCC(c3ccccc3)C2)s1. The number of nitrogens with zero attached hydrogens (tertiary/aromatic N) is 1. The molecule has 3 rings (SSSR count). The zero-order chi connectivity index (χ0) is 14.5. The van der Waals surface area contributed by atoms with Gasteiger partial charge in [-0.1, -0.05) is 42.2 Å². The molecule has 1 unspecified atom stereocenters. The van der Waals surface area contributed by atoms with Crippen LogP contribution in [0.2, 0.25) is 0 Å². The predicted molar refractivity (Wildman–Crippen MR) is 89.3 cm³/mol. The second-order valence-corrected chi connectivity index (χ2v) is 6.57. The van der Waals surface area contributed by atoms with E-state index in [9.17, 15) is 0 Å². The van der Waals surface area contributed by atoms with E-state index in [1.807, 2.05) is 0 Å². The Kier molecular flexibility index (Phi) is 4.72. The van der Waals surface area contributed by atoms with Crippen molar-refractivity contribution in [3.8, 4) is 11.8 Å². The summed E-state index contributed by atoms with van der Waals surface area (Å²) in [5.74, 6) is 6.71. The number of hydrogen-bond donors (Lipinski definition) is 1. The first-order valence-electron chi connectivity index (χ1n) is 7.40. The third kappa shape index (κ3) is 3.74. The minimum Gasteiger partial charge on any atom is -0.320 e. The molecule has 2 heterocycles. The van der Waals surface area contributed by atoms with E-state index in [1.165, 1.54) is 23.4 Å². The van der Waals surface area contributed by atoms with Crippen molar-refractivity contribution in [2.24, 2.45) is 5.73 Å². The lowest BCUT2D eigenvalue weighted by Crippen LogP contribution is -2.19. The van der Waals surface area contributed by atoms with E-state index in [0.29, 0.717) is 12.5 Å². The molecule has 0 aliphatic carbocycles. The van der Waals surface area contributed by atoms with Gasteiger partial charge in [0.1, 0.15) is 0 Å². The lowest BCUT2D eigenvalue weighted by Gasteiger charge is -2.15. The zero-order valence-corrected chi connectivity index (χ0v) is 12.9. The summed E-state index contributed by atoms with van der Waals surface area (Å²) in [5, 5.41) is 0. The molecule has 1 aliphatic heterocycles. The van der Waals surface area contributed by atoms with Crippen molar-refractivity contribution in [1.82, 2.24) is 4.90 Å². The topological polar surface area (TPSA) is 29.3 Å². The van der Waals surface area contributed by atoms with Crippen LogP contribution >= 0.6 is 11.3 Å². The van der Waals surface area contributed by atoms with Gasteiger partial charge in [-0.05, 0) is 36.6 Å². The van der Waals surface area contributed by atoms with Crippen LogP contribution in [0.3, 0.4) is 0 Å². The number of rotatable bonds is 3. The highest BCUT2D eigenvalue weighted by atomic mass is 32.1. The molecule has 2 nitrogen and oxygen atoms in total. The fourth-order valence-electron chi connectivity index (χ4n) is 2.86. The molecule has 1 aliphatic rings. The summed E-state index contributed by atoms with van der Waals surface area (Å²) < 4.78 is 0. The maximum absolute atomic E-state index is 5.41. The van der Waals surface area contributed by atoms with E-state index < -0.39 is 0 Å². The van der Waals surface area contributed by atoms with Crippen molar-refractivity contribution in [3.63, 3.8) is 0 Å². The highest BCUT2D eigenvalue weighted by molar-refractivity contribution is 7.12. The molecule has 0 bridgehead atoms. The molecule has 2 aromatic rings. The molecule has 0 saturated carbocycles. The Morgan fingerprint density at radius 1 is 1.19 bits per heavy atom. The number of thiophene rings is 1. The fraction of sp³-hybridized carbons (Fsp3) is 0.333. The Morgan fingerprint density at radius 3 is 2.86 bits per heavy atom. The summed E-state index contributed by atoms with van der Waals surface area (Å²) in [4.78, 5) is 5.06. The van der Waals surface area contributed by atoms with Gasteiger partial charge in [-0.2, -0.15) is 0 Å². The van der Waals surface area contributed by atoms with Gasteiger partial charge in [0, 0.05) is 18.0 Å². The minimum atomic E-state index is 0.429. The van der Waals surface area contributed by atoms with E-state index >= 15 is 0 Å². The van der Waals surface area contributed by atoms with Crippen LogP contribution in [-0.2, 0) is 6.54 Å². The van der Waals surface area contributed by atoms with E-state index in [4.69, 9.17) is 5.73 Å². The zero-order valence-electron chi connectivity index (χ0n) is 12.1. The summed E-state index contributed by atoms with van der Waals surface area (Å²) in [6, 6.07) is 15.2. The Morgan fingerprint density at radius 2 is 2.05 bits per heavy atom. The third-order valence-corrected chi connectivity index (χ3v) is 4.88. The molecular formula is C18H20N2S. The maximum atomic E-state index is 5.41. The maximum Gasteiger partial charge on any atom is 0.0772 e. The standard InChI is InChI=1S/C18H20N2S/c19-11-4-7-17-8-9-18(21-17)14-20-12-10-16(13-20)15-5-2-1-3-6-15/h1-3,5-6,8-9,16H,10-14,19H2. The number of nitrogens with two attached hydrogens (primary N) is 1. The number of benzene rings is 1. The molecule has 1 fully saturated rings. The number of likely N-dealkylation sites (tertiary alicyclic amines) is 1. The number of hydrogen-bond acceptors (Lipinski definition) is 3. The quantitative estimate of drug-likeness (QED) is 0.882. The molecule has 3 heteroatoms. The van der Waals surface area contributed by atoms with Gasteiger partial charge in [-0.3, -0.25) is 4.90 Å². The molecule has 1 saturated heterocycles. The molecule has 1 atom stereocenters. The molecular weight excluding hydrogens is 276 g/mol. The smallest absolute Gasteiger partial charge is 0.0772 e. The van der Waals surface area contributed by atoms with E-state index in [1.54, 1.807) is 11.3 Å². The third-order valence-electron chi connectivity index (χ3n) is 3.90. The average molecular weight is 296 g/mol. The van der Waals surface area contributed by atoms with Crippen molar-refractivity contribution < 1.29 is 0 Å². The second kappa shape index (κ2) is 6.91. The van der Waals surface area contributed by atoms with Gasteiger partial charge in [0.15, 0.2) is 0 Å².